The van der Waals surface area contributed by atoms with Crippen LogP contribution in [0.3, 0.4) is 0 Å². The van der Waals surface area contributed by atoms with Gasteiger partial charge in [0, 0.05) is 10.7 Å². The molecule has 0 aliphatic heterocycles. The minimum atomic E-state index is -4.58. The van der Waals surface area contributed by atoms with Gasteiger partial charge in [0.2, 0.25) is 15.9 Å². The fourth-order valence-electron chi connectivity index (χ4n) is 2.34. The Hall–Kier alpha value is -2.46. The van der Waals surface area contributed by atoms with Crippen LogP contribution in [0.5, 0.6) is 5.75 Å². The molecule has 0 aliphatic carbocycles. The van der Waals surface area contributed by atoms with E-state index in [1.807, 2.05) is 0 Å². The molecule has 1 N–H and O–H groups in total. The lowest BCUT2D eigenvalue weighted by atomic mass is 10.2. The van der Waals surface area contributed by atoms with Gasteiger partial charge in [-0.2, -0.15) is 13.2 Å². The van der Waals surface area contributed by atoms with E-state index in [2.05, 4.69) is 5.32 Å². The van der Waals surface area contributed by atoms with Crippen LogP contribution < -0.4 is 14.4 Å². The van der Waals surface area contributed by atoms with Crippen molar-refractivity contribution >= 4 is 38.9 Å². The van der Waals surface area contributed by atoms with Gasteiger partial charge in [0.25, 0.3) is 0 Å². The maximum absolute atomic E-state index is 12.8. The first-order valence-corrected chi connectivity index (χ1v) is 9.93. The quantitative estimate of drug-likeness (QED) is 0.748. The summed E-state index contributed by atoms with van der Waals surface area (Å²) >= 11 is 5.91. The normalized spacial score (nSPS) is 11.8. The molecule has 6 nitrogen and oxygen atoms in total. The van der Waals surface area contributed by atoms with Crippen molar-refractivity contribution in [2.45, 2.75) is 6.18 Å². The second-order valence-electron chi connectivity index (χ2n) is 5.71. The molecular formula is C17H16ClF3N2O4S. The second-order valence-corrected chi connectivity index (χ2v) is 8.06. The molecule has 152 valence electrons. The summed E-state index contributed by atoms with van der Waals surface area (Å²) in [5.41, 5.74) is -1.04. The Balaban J connectivity index is 2.30. The van der Waals surface area contributed by atoms with Crippen molar-refractivity contribution in [1.82, 2.24) is 0 Å². The van der Waals surface area contributed by atoms with Crippen molar-refractivity contribution in [3.8, 4) is 5.75 Å². The molecule has 0 aromatic heterocycles. The molecule has 0 aliphatic rings. The van der Waals surface area contributed by atoms with E-state index in [-0.39, 0.29) is 22.1 Å². The number of nitrogens with one attached hydrogen (secondary N) is 1. The molecule has 1 amide bonds. The summed E-state index contributed by atoms with van der Waals surface area (Å²) in [6.07, 6.45) is -3.70. The van der Waals surface area contributed by atoms with Gasteiger partial charge in [-0.3, -0.25) is 9.10 Å². The topological polar surface area (TPSA) is 75.7 Å². The number of anilines is 2. The van der Waals surface area contributed by atoms with E-state index in [1.165, 1.54) is 31.4 Å². The van der Waals surface area contributed by atoms with Crippen LogP contribution in [0.25, 0.3) is 0 Å². The average molecular weight is 437 g/mol. The maximum Gasteiger partial charge on any atom is 0.416 e. The van der Waals surface area contributed by atoms with Gasteiger partial charge < -0.3 is 10.1 Å². The van der Waals surface area contributed by atoms with E-state index in [0.29, 0.717) is 0 Å². The molecule has 2 aromatic carbocycles. The smallest absolute Gasteiger partial charge is 0.416 e. The van der Waals surface area contributed by atoms with E-state index in [0.717, 1.165) is 28.8 Å². The molecule has 2 rings (SSSR count). The van der Waals surface area contributed by atoms with E-state index in [4.69, 9.17) is 16.3 Å². The summed E-state index contributed by atoms with van der Waals surface area (Å²) in [7, 11) is -2.62. The Morgan fingerprint density at radius 3 is 2.46 bits per heavy atom. The van der Waals surface area contributed by atoms with Crippen LogP contribution in [0.15, 0.2) is 42.5 Å². The van der Waals surface area contributed by atoms with Crippen LogP contribution in [0.1, 0.15) is 5.56 Å². The van der Waals surface area contributed by atoms with Crippen molar-refractivity contribution in [2.75, 3.05) is 29.5 Å². The first-order chi connectivity index (χ1) is 12.9. The number of carbonyl (C=O) groups is 1. The van der Waals surface area contributed by atoms with E-state index in [1.54, 1.807) is 0 Å². The maximum atomic E-state index is 12.8. The minimum Gasteiger partial charge on any atom is -0.495 e. The van der Waals surface area contributed by atoms with Crippen LogP contribution in [-0.4, -0.2) is 34.2 Å². The number of hydrogen-bond donors (Lipinski definition) is 1. The van der Waals surface area contributed by atoms with Gasteiger partial charge in [0.15, 0.2) is 0 Å². The Kier molecular flexibility index (Phi) is 6.45. The van der Waals surface area contributed by atoms with E-state index < -0.39 is 34.2 Å². The molecular weight excluding hydrogens is 421 g/mol. The van der Waals surface area contributed by atoms with Crippen molar-refractivity contribution in [2.24, 2.45) is 0 Å². The lowest BCUT2D eigenvalue weighted by Gasteiger charge is -2.24. The highest BCUT2D eigenvalue weighted by atomic mass is 35.5. The van der Waals surface area contributed by atoms with Crippen LogP contribution in [0, 0.1) is 0 Å². The summed E-state index contributed by atoms with van der Waals surface area (Å²) < 4.78 is 68.6. The molecule has 28 heavy (non-hydrogen) atoms. The summed E-state index contributed by atoms with van der Waals surface area (Å²) in [5.74, 6) is -0.687. The molecule has 0 saturated heterocycles. The molecule has 0 bridgehead atoms. The third-order valence-corrected chi connectivity index (χ3v) is 4.93. The SMILES string of the molecule is COc1ccc(Cl)cc1N(CC(=O)Nc1cccc(C(F)(F)F)c1)S(C)(=O)=O. The van der Waals surface area contributed by atoms with Gasteiger partial charge in [0.1, 0.15) is 12.3 Å². The van der Waals surface area contributed by atoms with Crippen LogP contribution in [0.2, 0.25) is 5.02 Å². The lowest BCUT2D eigenvalue weighted by Crippen LogP contribution is -2.37. The Bertz CT molecular complexity index is 981. The number of benzene rings is 2. The number of nitrogens with zero attached hydrogens (tertiary/aromatic N) is 1. The Morgan fingerprint density at radius 1 is 1.21 bits per heavy atom. The molecule has 0 unspecified atom stereocenters. The summed E-state index contributed by atoms with van der Waals surface area (Å²) in [5, 5.41) is 2.47. The zero-order chi connectivity index (χ0) is 21.1. The molecule has 11 heteroatoms. The molecule has 0 heterocycles. The number of halogens is 4. The highest BCUT2D eigenvalue weighted by Gasteiger charge is 2.30. The van der Waals surface area contributed by atoms with Gasteiger partial charge in [-0.1, -0.05) is 17.7 Å². The number of methoxy groups -OCH3 is 1. The molecule has 0 spiro atoms. The standard InChI is InChI=1S/C17H16ClF3N2O4S/c1-27-15-7-6-12(18)9-14(15)23(28(2,25)26)10-16(24)22-13-5-3-4-11(8-13)17(19,20)21/h3-9H,10H2,1-2H3,(H,22,24). The number of carbonyl (C=O) groups excluding carboxylic acids is 1. The first kappa shape index (κ1) is 21.8. The van der Waals surface area contributed by atoms with Crippen LogP contribution >= 0.6 is 11.6 Å². The average Bonchev–Trinajstić information content (AvgIpc) is 2.58. The zero-order valence-corrected chi connectivity index (χ0v) is 16.3. The molecule has 0 fully saturated rings. The number of alkyl halides is 3. The zero-order valence-electron chi connectivity index (χ0n) is 14.7. The van der Waals surface area contributed by atoms with Gasteiger partial charge in [-0.05, 0) is 36.4 Å². The lowest BCUT2D eigenvalue weighted by molar-refractivity contribution is -0.137. The van der Waals surface area contributed by atoms with Crippen molar-refractivity contribution < 1.29 is 31.1 Å². The van der Waals surface area contributed by atoms with Gasteiger partial charge in [0.05, 0.1) is 24.6 Å². The number of hydrogen-bond acceptors (Lipinski definition) is 4. The Labute approximate surface area is 164 Å². The van der Waals surface area contributed by atoms with Gasteiger partial charge in [-0.15, -0.1) is 0 Å². The number of sulfonamides is 1. The fraction of sp³-hybridized carbons (Fsp3) is 0.235. The van der Waals surface area contributed by atoms with Crippen LogP contribution in [0.4, 0.5) is 24.5 Å². The fourth-order valence-corrected chi connectivity index (χ4v) is 3.36. The predicted octanol–water partition coefficient (Wildman–Crippen LogP) is 3.77. The summed E-state index contributed by atoms with van der Waals surface area (Å²) in [4.78, 5) is 12.3. The monoisotopic (exact) mass is 436 g/mol. The number of ether oxygens (including phenoxy) is 1. The molecule has 0 radical (unpaired) electrons. The van der Waals surface area contributed by atoms with Crippen LogP contribution in [-0.2, 0) is 21.0 Å². The molecule has 2 aromatic rings. The minimum absolute atomic E-state index is 0.0247. The second kappa shape index (κ2) is 8.27. The highest BCUT2D eigenvalue weighted by molar-refractivity contribution is 7.92. The molecule has 0 saturated carbocycles. The highest BCUT2D eigenvalue weighted by Crippen LogP contribution is 2.33. The van der Waals surface area contributed by atoms with Crippen molar-refractivity contribution in [1.29, 1.82) is 0 Å². The molecule has 0 atom stereocenters. The number of rotatable bonds is 6. The largest absolute Gasteiger partial charge is 0.495 e. The van der Waals surface area contributed by atoms with Crippen molar-refractivity contribution in [3.05, 3.63) is 53.1 Å². The van der Waals surface area contributed by atoms with E-state index in [9.17, 15) is 26.4 Å². The van der Waals surface area contributed by atoms with Gasteiger partial charge in [-0.25, -0.2) is 8.42 Å². The third-order valence-electron chi connectivity index (χ3n) is 3.57. The van der Waals surface area contributed by atoms with Crippen molar-refractivity contribution in [3.63, 3.8) is 0 Å². The number of amides is 1. The Morgan fingerprint density at radius 2 is 1.89 bits per heavy atom. The van der Waals surface area contributed by atoms with E-state index >= 15 is 0 Å². The predicted molar refractivity (Wildman–Crippen MR) is 100 cm³/mol. The third kappa shape index (κ3) is 5.52. The van der Waals surface area contributed by atoms with Gasteiger partial charge >= 0.3 is 6.18 Å². The summed E-state index contributed by atoms with van der Waals surface area (Å²) in [6, 6.07) is 8.22. The summed E-state index contributed by atoms with van der Waals surface area (Å²) in [6.45, 7) is -0.689. The first-order valence-electron chi connectivity index (χ1n) is 7.70.